The molecule has 152 valence electrons. The van der Waals surface area contributed by atoms with Gasteiger partial charge in [-0.3, -0.25) is 4.57 Å². The Bertz CT molecular complexity index is 1140. The van der Waals surface area contributed by atoms with Gasteiger partial charge >= 0.3 is 0 Å². The van der Waals surface area contributed by atoms with Gasteiger partial charge in [-0.1, -0.05) is 47.1 Å². The lowest BCUT2D eigenvalue weighted by molar-refractivity contribution is 0.415. The van der Waals surface area contributed by atoms with Crippen LogP contribution in [0, 0.1) is 12.7 Å². The van der Waals surface area contributed by atoms with E-state index in [2.05, 4.69) is 10.2 Å². The lowest BCUT2D eigenvalue weighted by Crippen LogP contribution is -2.00. The topological polar surface area (TPSA) is 39.9 Å². The van der Waals surface area contributed by atoms with Crippen molar-refractivity contribution in [3.8, 4) is 22.8 Å². The molecule has 0 aliphatic carbocycles. The molecular weight excluding hydrogens is 421 g/mol. The summed E-state index contributed by atoms with van der Waals surface area (Å²) in [5.41, 5.74) is 3.44. The van der Waals surface area contributed by atoms with Crippen LogP contribution in [0.2, 0.25) is 5.02 Å². The Balaban J connectivity index is 1.74. The van der Waals surface area contributed by atoms with Gasteiger partial charge in [0.2, 0.25) is 0 Å². The van der Waals surface area contributed by atoms with Crippen LogP contribution in [0.1, 0.15) is 11.1 Å². The second-order valence-electron chi connectivity index (χ2n) is 6.69. The van der Waals surface area contributed by atoms with Gasteiger partial charge in [0, 0.05) is 27.6 Å². The molecule has 0 aliphatic rings. The number of hydrogen-bond donors (Lipinski definition) is 0. The predicted molar refractivity (Wildman–Crippen MR) is 119 cm³/mol. The first-order chi connectivity index (χ1) is 14.6. The Labute approximate surface area is 183 Å². The van der Waals surface area contributed by atoms with E-state index in [1.807, 2.05) is 60.0 Å². The highest BCUT2D eigenvalue weighted by atomic mass is 35.5. The lowest BCUT2D eigenvalue weighted by atomic mass is 10.2. The number of thioether (sulfide) groups is 1. The molecule has 0 unspecified atom stereocenters. The third-order valence-electron chi connectivity index (χ3n) is 4.68. The van der Waals surface area contributed by atoms with E-state index in [0.29, 0.717) is 27.3 Å². The van der Waals surface area contributed by atoms with E-state index < -0.39 is 0 Å². The Morgan fingerprint density at radius 1 is 1.00 bits per heavy atom. The summed E-state index contributed by atoms with van der Waals surface area (Å²) >= 11 is 7.58. The summed E-state index contributed by atoms with van der Waals surface area (Å²) in [5.74, 6) is 1.48. The van der Waals surface area contributed by atoms with Gasteiger partial charge in [0.1, 0.15) is 11.6 Å². The van der Waals surface area contributed by atoms with Gasteiger partial charge in [0.25, 0.3) is 0 Å². The molecule has 3 aromatic carbocycles. The van der Waals surface area contributed by atoms with Crippen LogP contribution in [0.5, 0.6) is 5.75 Å². The van der Waals surface area contributed by atoms with Crippen LogP contribution in [-0.2, 0) is 5.75 Å². The second kappa shape index (κ2) is 8.90. The zero-order valence-electron chi connectivity index (χ0n) is 16.5. The summed E-state index contributed by atoms with van der Waals surface area (Å²) < 4.78 is 21.4. The number of nitrogens with zero attached hydrogens (tertiary/aromatic N) is 3. The molecule has 30 heavy (non-hydrogen) atoms. The maximum atomic E-state index is 14.2. The SMILES string of the molecule is COc1ccc(-c2nnc(SCc3c(F)cccc3Cl)n2-c2ccc(C)cc2)cc1. The second-order valence-corrected chi connectivity index (χ2v) is 8.04. The van der Waals surface area contributed by atoms with Gasteiger partial charge in [-0.25, -0.2) is 4.39 Å². The fourth-order valence-corrected chi connectivity index (χ4v) is 4.32. The van der Waals surface area contributed by atoms with E-state index in [1.165, 1.54) is 17.8 Å². The predicted octanol–water partition coefficient (Wildman–Crippen LogP) is 6.34. The molecule has 0 saturated carbocycles. The number of methoxy groups -OCH3 is 1. The minimum atomic E-state index is -0.327. The molecule has 0 fully saturated rings. The molecule has 0 saturated heterocycles. The number of ether oxygens (including phenoxy) is 1. The molecule has 0 radical (unpaired) electrons. The fourth-order valence-electron chi connectivity index (χ4n) is 3.02. The summed E-state index contributed by atoms with van der Waals surface area (Å²) in [5, 5.41) is 9.87. The van der Waals surface area contributed by atoms with Crippen molar-refractivity contribution >= 4 is 23.4 Å². The van der Waals surface area contributed by atoms with Crippen molar-refractivity contribution in [2.45, 2.75) is 17.8 Å². The molecule has 0 N–H and O–H groups in total. The van der Waals surface area contributed by atoms with Gasteiger partial charge in [-0.15, -0.1) is 10.2 Å². The van der Waals surface area contributed by atoms with Crippen LogP contribution >= 0.6 is 23.4 Å². The van der Waals surface area contributed by atoms with Crippen molar-refractivity contribution in [3.63, 3.8) is 0 Å². The van der Waals surface area contributed by atoms with Crippen molar-refractivity contribution in [1.82, 2.24) is 14.8 Å². The lowest BCUT2D eigenvalue weighted by Gasteiger charge is -2.12. The minimum Gasteiger partial charge on any atom is -0.497 e. The molecule has 4 rings (SSSR count). The van der Waals surface area contributed by atoms with Crippen molar-refractivity contribution < 1.29 is 9.13 Å². The van der Waals surface area contributed by atoms with Crippen molar-refractivity contribution in [2.75, 3.05) is 7.11 Å². The van der Waals surface area contributed by atoms with Gasteiger partial charge in [0.05, 0.1) is 7.11 Å². The van der Waals surface area contributed by atoms with E-state index in [0.717, 1.165) is 22.6 Å². The highest BCUT2D eigenvalue weighted by molar-refractivity contribution is 7.98. The summed E-state index contributed by atoms with van der Waals surface area (Å²) in [6, 6.07) is 20.5. The highest BCUT2D eigenvalue weighted by Crippen LogP contribution is 2.32. The molecule has 1 heterocycles. The van der Waals surface area contributed by atoms with Gasteiger partial charge in [0.15, 0.2) is 11.0 Å². The molecule has 7 heteroatoms. The third kappa shape index (κ3) is 4.20. The standard InChI is InChI=1S/C23H19ClFN3OS/c1-15-6-10-17(11-7-15)28-22(16-8-12-18(29-2)13-9-16)26-27-23(28)30-14-19-20(24)4-3-5-21(19)25/h3-13H,14H2,1-2H3. The Morgan fingerprint density at radius 3 is 2.40 bits per heavy atom. The molecule has 4 aromatic rings. The fraction of sp³-hybridized carbons (Fsp3) is 0.130. The highest BCUT2D eigenvalue weighted by Gasteiger charge is 2.18. The number of halogens is 2. The molecule has 1 aromatic heterocycles. The van der Waals surface area contributed by atoms with Gasteiger partial charge in [-0.05, 0) is 55.5 Å². The third-order valence-corrected chi connectivity index (χ3v) is 5.99. The number of aromatic nitrogens is 3. The van der Waals surface area contributed by atoms with Crippen LogP contribution in [0.3, 0.4) is 0 Å². The molecule has 0 aliphatic heterocycles. The number of aryl methyl sites for hydroxylation is 1. The average Bonchev–Trinajstić information content (AvgIpc) is 3.18. The van der Waals surface area contributed by atoms with Crippen LogP contribution < -0.4 is 4.74 Å². The minimum absolute atomic E-state index is 0.327. The van der Waals surface area contributed by atoms with Crippen molar-refractivity contribution in [1.29, 1.82) is 0 Å². The average molecular weight is 440 g/mol. The molecule has 0 spiro atoms. The quantitative estimate of drug-likeness (QED) is 0.329. The maximum absolute atomic E-state index is 14.2. The number of benzene rings is 3. The van der Waals surface area contributed by atoms with Gasteiger partial charge in [-0.2, -0.15) is 0 Å². The first kappa shape index (κ1) is 20.4. The summed E-state index contributed by atoms with van der Waals surface area (Å²) in [6.07, 6.45) is 0. The van der Waals surface area contributed by atoms with Crippen molar-refractivity contribution in [2.24, 2.45) is 0 Å². The first-order valence-corrected chi connectivity index (χ1v) is 10.7. The number of hydrogen-bond acceptors (Lipinski definition) is 4. The van der Waals surface area contributed by atoms with Crippen LogP contribution in [0.15, 0.2) is 71.9 Å². The van der Waals surface area contributed by atoms with Crippen LogP contribution in [0.25, 0.3) is 17.1 Å². The first-order valence-electron chi connectivity index (χ1n) is 9.29. The van der Waals surface area contributed by atoms with E-state index in [-0.39, 0.29) is 5.82 Å². The van der Waals surface area contributed by atoms with E-state index in [1.54, 1.807) is 19.2 Å². The maximum Gasteiger partial charge on any atom is 0.196 e. The Hall–Kier alpha value is -2.83. The summed E-state index contributed by atoms with van der Waals surface area (Å²) in [7, 11) is 1.63. The molecule has 0 atom stereocenters. The van der Waals surface area contributed by atoms with Gasteiger partial charge < -0.3 is 4.74 Å². The molecule has 0 amide bonds. The zero-order valence-corrected chi connectivity index (χ0v) is 18.0. The van der Waals surface area contributed by atoms with E-state index in [9.17, 15) is 4.39 Å². The molecule has 0 bridgehead atoms. The van der Waals surface area contributed by atoms with Crippen molar-refractivity contribution in [3.05, 3.63) is 88.7 Å². The smallest absolute Gasteiger partial charge is 0.196 e. The summed E-state index contributed by atoms with van der Waals surface area (Å²) in [6.45, 7) is 2.04. The largest absolute Gasteiger partial charge is 0.497 e. The normalized spacial score (nSPS) is 10.9. The number of rotatable bonds is 6. The van der Waals surface area contributed by atoms with E-state index in [4.69, 9.17) is 16.3 Å². The van der Waals surface area contributed by atoms with Crippen LogP contribution in [-0.4, -0.2) is 21.9 Å². The Kier molecular flexibility index (Phi) is 6.06. The van der Waals surface area contributed by atoms with Crippen LogP contribution in [0.4, 0.5) is 4.39 Å². The Morgan fingerprint density at radius 2 is 1.73 bits per heavy atom. The summed E-state index contributed by atoms with van der Waals surface area (Å²) in [4.78, 5) is 0. The zero-order chi connectivity index (χ0) is 21.1. The molecular formula is C23H19ClFN3OS. The molecule has 4 nitrogen and oxygen atoms in total. The monoisotopic (exact) mass is 439 g/mol. The van der Waals surface area contributed by atoms with E-state index >= 15 is 0 Å².